The molecular formula is C23H28ClN3O6. The Bertz CT molecular complexity index is 1000. The van der Waals surface area contributed by atoms with Crippen LogP contribution in [0.25, 0.3) is 0 Å². The zero-order valence-corrected chi connectivity index (χ0v) is 19.8. The van der Waals surface area contributed by atoms with E-state index in [1.807, 2.05) is 13.8 Å². The topological polar surface area (TPSA) is 111 Å². The summed E-state index contributed by atoms with van der Waals surface area (Å²) in [4.78, 5) is 37.7. The Morgan fingerprint density at radius 2 is 1.91 bits per heavy atom. The van der Waals surface area contributed by atoms with E-state index in [1.54, 1.807) is 31.2 Å². The Hall–Kier alpha value is -3.33. The van der Waals surface area contributed by atoms with Crippen LogP contribution in [0.3, 0.4) is 0 Å². The third kappa shape index (κ3) is 7.08. The highest BCUT2D eigenvalue weighted by atomic mass is 35.5. The number of hydrogen-bond donors (Lipinski definition) is 1. The van der Waals surface area contributed by atoms with Gasteiger partial charge in [0.25, 0.3) is 5.91 Å². The first-order chi connectivity index (χ1) is 15.7. The molecule has 0 aliphatic heterocycles. The smallest absolute Gasteiger partial charge is 0.311 e. The fraction of sp³-hybridized carbons (Fsp3) is 0.391. The molecule has 2 atom stereocenters. The molecule has 0 spiro atoms. The van der Waals surface area contributed by atoms with E-state index >= 15 is 0 Å². The number of ether oxygens (including phenoxy) is 2. The van der Waals surface area contributed by atoms with E-state index < -0.39 is 16.9 Å². The van der Waals surface area contributed by atoms with Crippen LogP contribution in [0.5, 0.6) is 11.5 Å². The molecule has 0 aliphatic carbocycles. The Morgan fingerprint density at radius 3 is 2.52 bits per heavy atom. The van der Waals surface area contributed by atoms with Crippen LogP contribution < -0.4 is 14.8 Å². The normalized spacial score (nSPS) is 12.4. The first kappa shape index (κ1) is 25.9. The van der Waals surface area contributed by atoms with Crippen molar-refractivity contribution in [1.82, 2.24) is 10.2 Å². The summed E-state index contributed by atoms with van der Waals surface area (Å²) in [5.41, 5.74) is 0.472. The van der Waals surface area contributed by atoms with Gasteiger partial charge >= 0.3 is 5.69 Å². The van der Waals surface area contributed by atoms with Crippen LogP contribution in [0.1, 0.15) is 32.8 Å². The number of carbonyl (C=O) groups excluding carboxylic acids is 2. The lowest BCUT2D eigenvalue weighted by Crippen LogP contribution is -2.50. The summed E-state index contributed by atoms with van der Waals surface area (Å²) in [5, 5.41) is 14.4. The van der Waals surface area contributed by atoms with Crippen molar-refractivity contribution >= 4 is 29.1 Å². The molecule has 1 N–H and O–H groups in total. The summed E-state index contributed by atoms with van der Waals surface area (Å²) >= 11 is 6.27. The zero-order valence-electron chi connectivity index (χ0n) is 19.0. The second kappa shape index (κ2) is 12.1. The zero-order chi connectivity index (χ0) is 24.5. The number of amides is 2. The van der Waals surface area contributed by atoms with Crippen LogP contribution in [0.2, 0.25) is 5.02 Å². The molecule has 2 aromatic rings. The average molecular weight is 478 g/mol. The minimum Gasteiger partial charge on any atom is -0.490 e. The number of benzene rings is 2. The standard InChI is InChI=1S/C23H28ClN3O6/c1-5-15(2)25-23(29)16(3)26(13-17-8-6-7-9-19(17)24)22(28)14-33-18-10-11-20(27(30)31)21(12-18)32-4/h6-12,15-16H,5,13-14H2,1-4H3,(H,25,29)/t15-,16+/m0/s1. The van der Waals surface area contributed by atoms with Gasteiger partial charge in [0.2, 0.25) is 11.7 Å². The molecule has 0 saturated carbocycles. The van der Waals surface area contributed by atoms with E-state index in [1.165, 1.54) is 30.2 Å². The van der Waals surface area contributed by atoms with E-state index in [0.29, 0.717) is 10.6 Å². The molecule has 2 amide bonds. The van der Waals surface area contributed by atoms with Crippen molar-refractivity contribution in [2.75, 3.05) is 13.7 Å². The third-order valence-corrected chi connectivity index (χ3v) is 5.55. The number of halogens is 1. The van der Waals surface area contributed by atoms with Crippen LogP contribution in [-0.4, -0.2) is 47.4 Å². The minimum absolute atomic E-state index is 0.0131. The van der Waals surface area contributed by atoms with Gasteiger partial charge in [0.1, 0.15) is 11.8 Å². The van der Waals surface area contributed by atoms with Crippen molar-refractivity contribution in [3.05, 3.63) is 63.2 Å². The average Bonchev–Trinajstić information content (AvgIpc) is 2.80. The summed E-state index contributed by atoms with van der Waals surface area (Å²) < 4.78 is 10.6. The Morgan fingerprint density at radius 1 is 1.21 bits per heavy atom. The number of nitro benzene ring substituents is 1. The first-order valence-electron chi connectivity index (χ1n) is 10.5. The number of nitrogens with one attached hydrogen (secondary N) is 1. The molecule has 33 heavy (non-hydrogen) atoms. The Kier molecular flexibility index (Phi) is 9.47. The van der Waals surface area contributed by atoms with Gasteiger partial charge in [-0.3, -0.25) is 19.7 Å². The van der Waals surface area contributed by atoms with Crippen molar-refractivity contribution in [3.8, 4) is 11.5 Å². The lowest BCUT2D eigenvalue weighted by Gasteiger charge is -2.30. The molecule has 2 aromatic carbocycles. The molecular weight excluding hydrogens is 450 g/mol. The van der Waals surface area contributed by atoms with Crippen molar-refractivity contribution in [1.29, 1.82) is 0 Å². The number of rotatable bonds is 11. The van der Waals surface area contributed by atoms with Crippen LogP contribution in [-0.2, 0) is 16.1 Å². The maximum Gasteiger partial charge on any atom is 0.311 e. The molecule has 178 valence electrons. The van der Waals surface area contributed by atoms with E-state index in [0.717, 1.165) is 6.42 Å². The minimum atomic E-state index is -0.780. The summed E-state index contributed by atoms with van der Waals surface area (Å²) in [6.45, 7) is 5.21. The predicted molar refractivity (Wildman–Crippen MR) is 125 cm³/mol. The monoisotopic (exact) mass is 477 g/mol. The fourth-order valence-corrected chi connectivity index (χ4v) is 3.18. The molecule has 0 bridgehead atoms. The molecule has 0 fully saturated rings. The number of nitro groups is 1. The molecule has 2 rings (SSSR count). The van der Waals surface area contributed by atoms with E-state index in [4.69, 9.17) is 21.1 Å². The lowest BCUT2D eigenvalue weighted by molar-refractivity contribution is -0.385. The van der Waals surface area contributed by atoms with E-state index in [9.17, 15) is 19.7 Å². The third-order valence-electron chi connectivity index (χ3n) is 5.18. The van der Waals surface area contributed by atoms with Crippen molar-refractivity contribution in [3.63, 3.8) is 0 Å². The highest BCUT2D eigenvalue weighted by Gasteiger charge is 2.28. The molecule has 0 saturated heterocycles. The summed E-state index contributed by atoms with van der Waals surface area (Å²) in [5.74, 6) is -0.500. The van der Waals surface area contributed by atoms with Crippen molar-refractivity contribution < 1.29 is 24.0 Å². The van der Waals surface area contributed by atoms with Crippen molar-refractivity contribution in [2.24, 2.45) is 0 Å². The second-order valence-corrected chi connectivity index (χ2v) is 7.89. The summed E-state index contributed by atoms with van der Waals surface area (Å²) in [6, 6.07) is 10.2. The van der Waals surface area contributed by atoms with Crippen molar-refractivity contribution in [2.45, 2.75) is 45.8 Å². The van der Waals surface area contributed by atoms with Gasteiger partial charge in [0.15, 0.2) is 6.61 Å². The van der Waals surface area contributed by atoms with Gasteiger partial charge in [-0.1, -0.05) is 36.7 Å². The number of nitrogens with zero attached hydrogens (tertiary/aromatic N) is 2. The van der Waals surface area contributed by atoms with Gasteiger partial charge in [-0.25, -0.2) is 0 Å². The Balaban J connectivity index is 2.21. The summed E-state index contributed by atoms with van der Waals surface area (Å²) in [6.07, 6.45) is 0.752. The highest BCUT2D eigenvalue weighted by Crippen LogP contribution is 2.30. The highest BCUT2D eigenvalue weighted by molar-refractivity contribution is 6.31. The van der Waals surface area contributed by atoms with Gasteiger partial charge in [0.05, 0.1) is 12.0 Å². The maximum absolute atomic E-state index is 13.1. The molecule has 10 heteroatoms. The van der Waals surface area contributed by atoms with Gasteiger partial charge in [0, 0.05) is 29.7 Å². The second-order valence-electron chi connectivity index (χ2n) is 7.49. The van der Waals surface area contributed by atoms with Gasteiger partial charge in [-0.05, 0) is 38.0 Å². The molecule has 9 nitrogen and oxygen atoms in total. The summed E-state index contributed by atoms with van der Waals surface area (Å²) in [7, 11) is 1.31. The first-order valence-corrected chi connectivity index (χ1v) is 10.8. The lowest BCUT2D eigenvalue weighted by atomic mass is 10.1. The maximum atomic E-state index is 13.1. The van der Waals surface area contributed by atoms with Gasteiger partial charge in [-0.2, -0.15) is 0 Å². The quantitative estimate of drug-likeness (QED) is 0.387. The van der Waals surface area contributed by atoms with Gasteiger partial charge < -0.3 is 19.7 Å². The van der Waals surface area contributed by atoms with Crippen LogP contribution in [0.15, 0.2) is 42.5 Å². The number of hydrogen-bond acceptors (Lipinski definition) is 6. The fourth-order valence-electron chi connectivity index (χ4n) is 2.98. The number of carbonyl (C=O) groups is 2. The largest absolute Gasteiger partial charge is 0.490 e. The van der Waals surface area contributed by atoms with Gasteiger partial charge in [-0.15, -0.1) is 0 Å². The number of methoxy groups -OCH3 is 1. The van der Waals surface area contributed by atoms with E-state index in [-0.39, 0.29) is 42.3 Å². The Labute approximate surface area is 197 Å². The molecule has 0 aliphatic rings. The van der Waals surface area contributed by atoms with E-state index in [2.05, 4.69) is 5.32 Å². The molecule has 0 radical (unpaired) electrons. The van der Waals surface area contributed by atoms with Crippen LogP contribution in [0, 0.1) is 10.1 Å². The molecule has 0 aromatic heterocycles. The molecule has 0 heterocycles. The predicted octanol–water partition coefficient (Wildman–Crippen LogP) is 3.97. The van der Waals surface area contributed by atoms with Crippen LogP contribution in [0.4, 0.5) is 5.69 Å². The molecule has 0 unspecified atom stereocenters. The van der Waals surface area contributed by atoms with Crippen LogP contribution >= 0.6 is 11.6 Å². The SMILES string of the molecule is CC[C@H](C)NC(=O)[C@@H](C)N(Cc1ccccc1Cl)C(=O)COc1ccc([N+](=O)[O-])c(OC)c1.